The third kappa shape index (κ3) is 3.00. The molecule has 0 spiro atoms. The normalized spacial score (nSPS) is 13.1. The highest BCUT2D eigenvalue weighted by atomic mass is 16.5. The van der Waals surface area contributed by atoms with Gasteiger partial charge in [0.15, 0.2) is 11.5 Å². The Labute approximate surface area is 103 Å². The second-order valence-electron chi connectivity index (χ2n) is 3.21. The van der Waals surface area contributed by atoms with Crippen LogP contribution >= 0.6 is 0 Å². The number of hydrogen-bond donors (Lipinski definition) is 1. The molecule has 2 heteroatoms. The maximum Gasteiger partial charge on any atom is 0.150 e. The Balaban J connectivity index is 0.000000686. The van der Waals surface area contributed by atoms with Crippen molar-refractivity contribution < 1.29 is 4.74 Å². The maximum absolute atomic E-state index is 5.73. The van der Waals surface area contributed by atoms with Crippen molar-refractivity contribution in [1.82, 2.24) is 0 Å². The quantitative estimate of drug-likeness (QED) is 0.806. The van der Waals surface area contributed by atoms with Gasteiger partial charge in [-0.2, -0.15) is 0 Å². The van der Waals surface area contributed by atoms with Crippen LogP contribution in [0.5, 0.6) is 5.75 Å². The monoisotopic (exact) mass is 229 g/mol. The summed E-state index contributed by atoms with van der Waals surface area (Å²) < 4.78 is 5.73. The number of rotatable bonds is 2. The van der Waals surface area contributed by atoms with Gasteiger partial charge in [-0.15, -0.1) is 0 Å². The van der Waals surface area contributed by atoms with Crippen LogP contribution in [0.2, 0.25) is 0 Å². The molecule has 1 aliphatic heterocycles. The lowest BCUT2D eigenvalue weighted by atomic mass is 10.2. The number of anilines is 1. The smallest absolute Gasteiger partial charge is 0.150 e. The van der Waals surface area contributed by atoms with Gasteiger partial charge in [-0.3, -0.25) is 0 Å². The molecular weight excluding hydrogens is 210 g/mol. The van der Waals surface area contributed by atoms with Crippen LogP contribution in [0, 0.1) is 0 Å². The van der Waals surface area contributed by atoms with E-state index in [4.69, 9.17) is 4.74 Å². The molecule has 1 aromatic rings. The molecule has 0 saturated carbocycles. The Morgan fingerprint density at radius 1 is 1.24 bits per heavy atom. The summed E-state index contributed by atoms with van der Waals surface area (Å²) in [6.45, 7) is 9.71. The summed E-state index contributed by atoms with van der Waals surface area (Å²) in [5.74, 6) is 1.64. The Morgan fingerprint density at radius 2 is 1.94 bits per heavy atom. The maximum atomic E-state index is 5.73. The number of hydrogen-bond acceptors (Lipinski definition) is 2. The van der Waals surface area contributed by atoms with Gasteiger partial charge in [-0.05, 0) is 31.2 Å². The van der Waals surface area contributed by atoms with Crippen LogP contribution in [0.25, 0.3) is 0 Å². The lowest BCUT2D eigenvalue weighted by Crippen LogP contribution is -2.11. The fourth-order valence-electron chi connectivity index (χ4n) is 1.47. The number of fused-ring (bicyclic) bond motifs is 1. The van der Waals surface area contributed by atoms with Crippen molar-refractivity contribution in [2.75, 3.05) is 5.32 Å². The molecule has 90 valence electrons. The van der Waals surface area contributed by atoms with E-state index in [1.165, 1.54) is 0 Å². The lowest BCUT2D eigenvalue weighted by molar-refractivity contribution is 0.435. The first-order chi connectivity index (χ1) is 8.35. The summed E-state index contributed by atoms with van der Waals surface area (Å²) >= 11 is 0. The molecule has 1 N–H and O–H groups in total. The van der Waals surface area contributed by atoms with Gasteiger partial charge in [0.1, 0.15) is 0 Å². The molecule has 1 aromatic carbocycles. The van der Waals surface area contributed by atoms with E-state index < -0.39 is 0 Å². The van der Waals surface area contributed by atoms with Crippen molar-refractivity contribution in [3.05, 3.63) is 60.5 Å². The van der Waals surface area contributed by atoms with Crippen molar-refractivity contribution in [1.29, 1.82) is 0 Å². The van der Waals surface area contributed by atoms with Gasteiger partial charge in [0.05, 0.1) is 11.4 Å². The molecule has 1 aliphatic rings. The topological polar surface area (TPSA) is 21.3 Å². The Bertz CT molecular complexity index is 444. The van der Waals surface area contributed by atoms with E-state index in [0.29, 0.717) is 0 Å². The van der Waals surface area contributed by atoms with Gasteiger partial charge in [-0.1, -0.05) is 38.6 Å². The fraction of sp³-hybridized carbons (Fsp3) is 0.200. The minimum atomic E-state index is 0.797. The minimum absolute atomic E-state index is 0.797. The lowest BCUT2D eigenvalue weighted by Gasteiger charge is -2.21. The van der Waals surface area contributed by atoms with Crippen molar-refractivity contribution in [2.45, 2.75) is 20.8 Å². The van der Waals surface area contributed by atoms with E-state index in [-0.39, 0.29) is 0 Å². The molecule has 0 unspecified atom stereocenters. The first-order valence-electron chi connectivity index (χ1n) is 5.88. The van der Waals surface area contributed by atoms with E-state index in [0.717, 1.165) is 22.9 Å². The van der Waals surface area contributed by atoms with E-state index >= 15 is 0 Å². The predicted molar refractivity (Wildman–Crippen MR) is 74.1 cm³/mol. The van der Waals surface area contributed by atoms with Gasteiger partial charge >= 0.3 is 0 Å². The zero-order chi connectivity index (χ0) is 12.7. The summed E-state index contributed by atoms with van der Waals surface area (Å²) in [6.07, 6.45) is 5.61. The van der Waals surface area contributed by atoms with Crippen molar-refractivity contribution in [2.24, 2.45) is 0 Å². The van der Waals surface area contributed by atoms with Crippen LogP contribution in [-0.4, -0.2) is 0 Å². The second-order valence-corrected chi connectivity index (χ2v) is 3.21. The summed E-state index contributed by atoms with van der Waals surface area (Å²) in [5.41, 5.74) is 1.87. The average Bonchev–Trinajstić information content (AvgIpc) is 2.40. The minimum Gasteiger partial charge on any atom is -0.453 e. The number of ether oxygens (including phenoxy) is 1. The third-order valence-electron chi connectivity index (χ3n) is 2.16. The first-order valence-corrected chi connectivity index (χ1v) is 5.88. The molecule has 0 atom stereocenters. The number of benzene rings is 1. The first kappa shape index (κ1) is 13.1. The van der Waals surface area contributed by atoms with Gasteiger partial charge < -0.3 is 10.1 Å². The Morgan fingerprint density at radius 3 is 2.59 bits per heavy atom. The standard InChI is InChI=1S/C13H13NO.C2H6/c1-3-7-12-10(4-2)14-11-8-5-6-9-13(11)15-12;1-2/h3-9,14H,2H2,1H3;1-2H3/b7-3-;. The molecule has 1 heterocycles. The van der Waals surface area contributed by atoms with Gasteiger partial charge in [0, 0.05) is 0 Å². The highest BCUT2D eigenvalue weighted by Crippen LogP contribution is 2.32. The van der Waals surface area contributed by atoms with Crippen LogP contribution in [0.4, 0.5) is 5.69 Å². The summed E-state index contributed by atoms with van der Waals surface area (Å²) in [4.78, 5) is 0. The summed E-state index contributed by atoms with van der Waals surface area (Å²) in [5, 5.41) is 3.27. The molecule has 0 aliphatic carbocycles. The van der Waals surface area contributed by atoms with Gasteiger partial charge in [0.25, 0.3) is 0 Å². The molecule has 0 aromatic heterocycles. The Hall–Kier alpha value is -1.96. The molecule has 0 saturated heterocycles. The highest BCUT2D eigenvalue weighted by Gasteiger charge is 2.14. The number of para-hydroxylation sites is 2. The van der Waals surface area contributed by atoms with Crippen LogP contribution in [-0.2, 0) is 0 Å². The molecule has 2 nitrogen and oxygen atoms in total. The average molecular weight is 229 g/mol. The van der Waals surface area contributed by atoms with Gasteiger partial charge in [-0.25, -0.2) is 0 Å². The largest absolute Gasteiger partial charge is 0.453 e. The SMILES string of the molecule is C=CC1=C(/C=C\C)Oc2ccccc2N1.CC. The van der Waals surface area contributed by atoms with Crippen LogP contribution < -0.4 is 10.1 Å². The molecule has 0 bridgehead atoms. The summed E-state index contributed by atoms with van der Waals surface area (Å²) in [6, 6.07) is 7.83. The fourth-order valence-corrected chi connectivity index (χ4v) is 1.47. The molecule has 2 rings (SSSR count). The zero-order valence-corrected chi connectivity index (χ0v) is 10.7. The van der Waals surface area contributed by atoms with Crippen LogP contribution in [0.3, 0.4) is 0 Å². The van der Waals surface area contributed by atoms with Crippen LogP contribution in [0.15, 0.2) is 60.5 Å². The highest BCUT2D eigenvalue weighted by molar-refractivity contribution is 5.64. The molecular formula is C15H19NO. The number of nitrogens with one attached hydrogen (secondary N) is 1. The zero-order valence-electron chi connectivity index (χ0n) is 10.7. The third-order valence-corrected chi connectivity index (χ3v) is 2.16. The summed E-state index contributed by atoms with van der Waals surface area (Å²) in [7, 11) is 0. The molecule has 0 radical (unpaired) electrons. The number of allylic oxidation sites excluding steroid dienone is 3. The van der Waals surface area contributed by atoms with E-state index in [9.17, 15) is 0 Å². The molecule has 17 heavy (non-hydrogen) atoms. The van der Waals surface area contributed by atoms with Crippen LogP contribution in [0.1, 0.15) is 20.8 Å². The molecule has 0 fully saturated rings. The molecule has 0 amide bonds. The van der Waals surface area contributed by atoms with Crippen molar-refractivity contribution >= 4 is 5.69 Å². The van der Waals surface area contributed by atoms with Crippen molar-refractivity contribution in [3.8, 4) is 5.75 Å². The Kier molecular flexibility index (Phi) is 5.08. The van der Waals surface area contributed by atoms with E-state index in [2.05, 4.69) is 11.9 Å². The van der Waals surface area contributed by atoms with E-state index in [1.54, 1.807) is 6.08 Å². The van der Waals surface area contributed by atoms with E-state index in [1.807, 2.05) is 57.2 Å². The van der Waals surface area contributed by atoms with Crippen molar-refractivity contribution in [3.63, 3.8) is 0 Å². The van der Waals surface area contributed by atoms with Gasteiger partial charge in [0.2, 0.25) is 0 Å². The predicted octanol–water partition coefficient (Wildman–Crippen LogP) is 4.49. The second kappa shape index (κ2) is 6.59.